The van der Waals surface area contributed by atoms with Crippen molar-refractivity contribution in [1.82, 2.24) is 0 Å². The van der Waals surface area contributed by atoms with Crippen LogP contribution in [-0.4, -0.2) is 32.3 Å². The topological polar surface area (TPSA) is 61.5 Å². The van der Waals surface area contributed by atoms with Crippen LogP contribution in [0.2, 0.25) is 0 Å². The van der Waals surface area contributed by atoms with Gasteiger partial charge in [-0.3, -0.25) is 0 Å². The molecule has 0 radical (unpaired) electrons. The monoisotopic (exact) mass is 369 g/mol. The molecule has 0 aromatic heterocycles. The summed E-state index contributed by atoms with van der Waals surface area (Å²) in [6.45, 7) is 7.27. The first-order valence-electron chi connectivity index (χ1n) is 10.7. The molecule has 0 aliphatic heterocycles. The minimum Gasteiger partial charge on any atom is -0.455 e. The predicted octanol–water partition coefficient (Wildman–Crippen LogP) is 5.40. The summed E-state index contributed by atoms with van der Waals surface area (Å²) in [5, 5.41) is 0. The molecule has 2 N–H and O–H groups in total. The van der Waals surface area contributed by atoms with E-state index < -0.39 is 0 Å². The molecule has 4 heteroatoms. The van der Waals surface area contributed by atoms with E-state index in [4.69, 9.17) is 15.2 Å². The van der Waals surface area contributed by atoms with E-state index in [1.807, 2.05) is 0 Å². The van der Waals surface area contributed by atoms with Gasteiger partial charge in [-0.25, -0.2) is 4.79 Å². The lowest BCUT2D eigenvalue weighted by Crippen LogP contribution is -2.31. The molecule has 0 saturated carbocycles. The third-order valence-electron chi connectivity index (χ3n) is 4.70. The highest BCUT2D eigenvalue weighted by atomic mass is 16.6. The van der Waals surface area contributed by atoms with Crippen LogP contribution in [-0.2, 0) is 14.3 Å². The first kappa shape index (κ1) is 25.1. The van der Waals surface area contributed by atoms with E-state index in [9.17, 15) is 4.79 Å². The van der Waals surface area contributed by atoms with Gasteiger partial charge >= 0.3 is 5.97 Å². The van der Waals surface area contributed by atoms with Gasteiger partial charge < -0.3 is 15.2 Å². The van der Waals surface area contributed by atoms with E-state index in [0.29, 0.717) is 12.5 Å². The Morgan fingerprint density at radius 3 is 2.19 bits per heavy atom. The van der Waals surface area contributed by atoms with Crippen LogP contribution in [0.4, 0.5) is 0 Å². The van der Waals surface area contributed by atoms with Crippen molar-refractivity contribution in [2.45, 2.75) is 97.5 Å². The van der Waals surface area contributed by atoms with Crippen molar-refractivity contribution >= 4 is 5.97 Å². The van der Waals surface area contributed by atoms with Crippen molar-refractivity contribution in [2.75, 3.05) is 20.3 Å². The van der Waals surface area contributed by atoms with Crippen LogP contribution in [0.1, 0.15) is 91.4 Å². The highest BCUT2D eigenvalue weighted by molar-refractivity contribution is 5.88. The molecule has 0 rings (SSSR count). The number of nitrogens with two attached hydrogens (primary N) is 1. The summed E-state index contributed by atoms with van der Waals surface area (Å²) >= 11 is 0. The fourth-order valence-electron chi connectivity index (χ4n) is 3.06. The standard InChI is InChI=1S/C22H43NO3/c1-5-7-9-11-13-15-20(16-19(3)14-12-10-8-6-2)22(24)26-21(17-23)18-25-4/h16,19,21H,5-15,17-18,23H2,1-4H3/b20-16-. The largest absolute Gasteiger partial charge is 0.455 e. The first-order valence-corrected chi connectivity index (χ1v) is 10.7. The van der Waals surface area contributed by atoms with Gasteiger partial charge in [-0.05, 0) is 25.2 Å². The normalized spacial score (nSPS) is 14.3. The van der Waals surface area contributed by atoms with E-state index in [-0.39, 0.29) is 18.6 Å². The van der Waals surface area contributed by atoms with Gasteiger partial charge in [0.15, 0.2) is 0 Å². The van der Waals surface area contributed by atoms with Crippen LogP contribution in [0.15, 0.2) is 11.6 Å². The maximum Gasteiger partial charge on any atom is 0.334 e. The molecule has 0 aromatic carbocycles. The number of carbonyl (C=O) groups is 1. The fourth-order valence-corrected chi connectivity index (χ4v) is 3.06. The zero-order valence-electron chi connectivity index (χ0n) is 17.7. The molecule has 154 valence electrons. The maximum absolute atomic E-state index is 12.6. The fraction of sp³-hybridized carbons (Fsp3) is 0.864. The SMILES string of the molecule is CCCCCCC/C(=C/C(C)CCCCCC)C(=O)OC(CN)COC. The third kappa shape index (κ3) is 13.3. The van der Waals surface area contributed by atoms with E-state index in [1.165, 1.54) is 51.4 Å². The van der Waals surface area contributed by atoms with Crippen LogP contribution in [0.25, 0.3) is 0 Å². The number of hydrogen-bond acceptors (Lipinski definition) is 4. The number of hydrogen-bond donors (Lipinski definition) is 1. The van der Waals surface area contributed by atoms with Gasteiger partial charge in [0.1, 0.15) is 6.10 Å². The molecule has 0 spiro atoms. The summed E-state index contributed by atoms with van der Waals surface area (Å²) in [6.07, 6.45) is 14.7. The molecule has 0 saturated heterocycles. The first-order chi connectivity index (χ1) is 12.6. The Balaban J connectivity index is 4.68. The van der Waals surface area contributed by atoms with Crippen molar-refractivity contribution in [3.05, 3.63) is 11.6 Å². The van der Waals surface area contributed by atoms with Gasteiger partial charge in [0.2, 0.25) is 0 Å². The number of methoxy groups -OCH3 is 1. The van der Waals surface area contributed by atoms with Crippen LogP contribution in [0.3, 0.4) is 0 Å². The molecule has 4 nitrogen and oxygen atoms in total. The molecule has 0 heterocycles. The molecular formula is C22H43NO3. The molecule has 2 atom stereocenters. The zero-order chi connectivity index (χ0) is 19.6. The van der Waals surface area contributed by atoms with E-state index in [2.05, 4.69) is 26.8 Å². The van der Waals surface area contributed by atoms with Crippen LogP contribution in [0, 0.1) is 5.92 Å². The number of unbranched alkanes of at least 4 members (excludes halogenated alkanes) is 7. The summed E-state index contributed by atoms with van der Waals surface area (Å²) in [6, 6.07) is 0. The zero-order valence-corrected chi connectivity index (χ0v) is 17.7. The molecule has 0 aliphatic carbocycles. The second-order valence-electron chi connectivity index (χ2n) is 7.40. The lowest BCUT2D eigenvalue weighted by Gasteiger charge is -2.17. The third-order valence-corrected chi connectivity index (χ3v) is 4.70. The average molecular weight is 370 g/mol. The molecular weight excluding hydrogens is 326 g/mol. The maximum atomic E-state index is 12.6. The summed E-state index contributed by atoms with van der Waals surface area (Å²) in [4.78, 5) is 12.6. The van der Waals surface area contributed by atoms with Gasteiger partial charge in [0.05, 0.1) is 6.61 Å². The van der Waals surface area contributed by atoms with Gasteiger partial charge in [0.25, 0.3) is 0 Å². The molecule has 2 unspecified atom stereocenters. The molecule has 26 heavy (non-hydrogen) atoms. The predicted molar refractivity (Wildman–Crippen MR) is 110 cm³/mol. The van der Waals surface area contributed by atoms with Gasteiger partial charge in [0, 0.05) is 19.2 Å². The van der Waals surface area contributed by atoms with Crippen molar-refractivity contribution < 1.29 is 14.3 Å². The summed E-state index contributed by atoms with van der Waals surface area (Å²) in [5.41, 5.74) is 6.50. The summed E-state index contributed by atoms with van der Waals surface area (Å²) in [5.74, 6) is 0.192. The Morgan fingerprint density at radius 2 is 1.62 bits per heavy atom. The van der Waals surface area contributed by atoms with E-state index in [1.54, 1.807) is 7.11 Å². The summed E-state index contributed by atoms with van der Waals surface area (Å²) < 4.78 is 10.6. The Bertz CT molecular complexity index is 368. The van der Waals surface area contributed by atoms with Crippen molar-refractivity contribution in [3.8, 4) is 0 Å². The Labute approximate surface area is 161 Å². The van der Waals surface area contributed by atoms with E-state index in [0.717, 1.165) is 24.8 Å². The smallest absolute Gasteiger partial charge is 0.334 e. The number of rotatable bonds is 17. The Kier molecular flexibility index (Phi) is 17.0. The molecule has 0 aliphatic rings. The van der Waals surface area contributed by atoms with Crippen LogP contribution in [0.5, 0.6) is 0 Å². The van der Waals surface area contributed by atoms with Crippen molar-refractivity contribution in [1.29, 1.82) is 0 Å². The summed E-state index contributed by atoms with van der Waals surface area (Å²) in [7, 11) is 1.60. The Hall–Kier alpha value is -0.870. The minimum absolute atomic E-state index is 0.214. The van der Waals surface area contributed by atoms with Gasteiger partial charge in [-0.1, -0.05) is 78.2 Å². The van der Waals surface area contributed by atoms with Crippen LogP contribution >= 0.6 is 0 Å². The number of carbonyl (C=O) groups excluding carboxylic acids is 1. The number of esters is 1. The quantitative estimate of drug-likeness (QED) is 0.212. The second kappa shape index (κ2) is 17.5. The molecule has 0 amide bonds. The van der Waals surface area contributed by atoms with Crippen LogP contribution < -0.4 is 5.73 Å². The number of ether oxygens (including phenoxy) is 2. The Morgan fingerprint density at radius 1 is 1.00 bits per heavy atom. The lowest BCUT2D eigenvalue weighted by atomic mass is 9.97. The lowest BCUT2D eigenvalue weighted by molar-refractivity contribution is -0.146. The molecule has 0 fully saturated rings. The van der Waals surface area contributed by atoms with E-state index >= 15 is 0 Å². The van der Waals surface area contributed by atoms with Crippen molar-refractivity contribution in [2.24, 2.45) is 11.7 Å². The van der Waals surface area contributed by atoms with Crippen molar-refractivity contribution in [3.63, 3.8) is 0 Å². The van der Waals surface area contributed by atoms with Gasteiger partial charge in [-0.15, -0.1) is 0 Å². The molecule has 0 aromatic rings. The van der Waals surface area contributed by atoms with Gasteiger partial charge in [-0.2, -0.15) is 0 Å². The average Bonchev–Trinajstić information content (AvgIpc) is 2.63. The minimum atomic E-state index is -0.365. The second-order valence-corrected chi connectivity index (χ2v) is 7.40. The molecule has 0 bridgehead atoms. The number of allylic oxidation sites excluding steroid dienone is 1. The highest BCUT2D eigenvalue weighted by Gasteiger charge is 2.17. The highest BCUT2D eigenvalue weighted by Crippen LogP contribution is 2.19.